The zero-order chi connectivity index (χ0) is 15.1. The number of hydrogen-bond acceptors (Lipinski definition) is 6. The topological polar surface area (TPSA) is 88.5 Å². The minimum absolute atomic E-state index is 0.0262. The third-order valence-corrected chi connectivity index (χ3v) is 2.47. The normalized spacial score (nSPS) is 10.6. The fraction of sp³-hybridized carbons (Fsp3) is 0.923. The molecule has 7 nitrogen and oxygen atoms in total. The van der Waals surface area contributed by atoms with E-state index in [0.29, 0.717) is 19.7 Å². The molecule has 0 radical (unpaired) electrons. The van der Waals surface area contributed by atoms with Crippen LogP contribution in [0.3, 0.4) is 0 Å². The van der Waals surface area contributed by atoms with Gasteiger partial charge in [-0.25, -0.2) is 4.79 Å². The quantitative estimate of drug-likeness (QED) is 0.473. The van der Waals surface area contributed by atoms with Crippen LogP contribution in [0, 0.1) is 0 Å². The zero-order valence-electron chi connectivity index (χ0n) is 12.3. The Bertz CT molecular complexity index is 227. The Morgan fingerprint density at radius 3 is 2.20 bits per heavy atom. The predicted molar refractivity (Wildman–Crippen MR) is 73.6 cm³/mol. The molecule has 0 aromatic heterocycles. The highest BCUT2D eigenvalue weighted by molar-refractivity contribution is 5.67. The van der Waals surface area contributed by atoms with Gasteiger partial charge in [0.1, 0.15) is 6.61 Å². The van der Waals surface area contributed by atoms with Gasteiger partial charge in [0, 0.05) is 13.1 Å². The van der Waals surface area contributed by atoms with E-state index in [9.17, 15) is 4.79 Å². The second-order valence-electron chi connectivity index (χ2n) is 4.13. The highest BCUT2D eigenvalue weighted by Gasteiger charge is 2.13. The van der Waals surface area contributed by atoms with Crippen LogP contribution in [0.4, 0.5) is 4.79 Å². The van der Waals surface area contributed by atoms with Crippen molar-refractivity contribution in [1.82, 2.24) is 4.90 Å². The monoisotopic (exact) mass is 293 g/mol. The van der Waals surface area contributed by atoms with Crippen molar-refractivity contribution in [2.75, 3.05) is 59.3 Å². The summed E-state index contributed by atoms with van der Waals surface area (Å²) < 4.78 is 15.2. The maximum atomic E-state index is 11.8. The van der Waals surface area contributed by atoms with Crippen molar-refractivity contribution in [2.45, 2.75) is 19.8 Å². The molecule has 0 bridgehead atoms. The van der Waals surface area contributed by atoms with Crippen LogP contribution >= 0.6 is 0 Å². The number of carbonyl (C=O) groups excluding carboxylic acids is 1. The van der Waals surface area contributed by atoms with Crippen LogP contribution in [0.25, 0.3) is 0 Å². The Morgan fingerprint density at radius 2 is 1.60 bits per heavy atom. The van der Waals surface area contributed by atoms with Crippen molar-refractivity contribution in [3.63, 3.8) is 0 Å². The molecule has 0 aliphatic heterocycles. The Kier molecular flexibility index (Phi) is 13.9. The summed E-state index contributed by atoms with van der Waals surface area (Å²) >= 11 is 0. The second-order valence-corrected chi connectivity index (χ2v) is 4.13. The molecule has 2 N–H and O–H groups in total. The number of nitrogens with zero attached hydrogens (tertiary/aromatic N) is 1. The molecule has 0 atom stereocenters. The first-order chi connectivity index (χ1) is 9.76. The number of aliphatic hydroxyl groups excluding tert-OH is 2. The number of hydrogen-bond donors (Lipinski definition) is 2. The summed E-state index contributed by atoms with van der Waals surface area (Å²) in [6.45, 7) is 4.37. The van der Waals surface area contributed by atoms with Gasteiger partial charge in [0.05, 0.1) is 39.6 Å². The first-order valence-electron chi connectivity index (χ1n) is 7.05. The van der Waals surface area contributed by atoms with Crippen LogP contribution in [0.2, 0.25) is 0 Å². The van der Waals surface area contributed by atoms with E-state index >= 15 is 0 Å². The molecule has 20 heavy (non-hydrogen) atoms. The van der Waals surface area contributed by atoms with Gasteiger partial charge >= 0.3 is 6.09 Å². The van der Waals surface area contributed by atoms with Crippen LogP contribution in [-0.4, -0.2) is 80.5 Å². The van der Waals surface area contributed by atoms with Gasteiger partial charge in [-0.3, -0.25) is 0 Å². The summed E-state index contributed by atoms with van der Waals surface area (Å²) in [5.41, 5.74) is 0. The number of amides is 1. The first kappa shape index (κ1) is 19.1. The molecular formula is C13H27NO6. The van der Waals surface area contributed by atoms with Gasteiger partial charge in [-0.05, 0) is 6.42 Å². The van der Waals surface area contributed by atoms with Crippen molar-refractivity contribution in [3.05, 3.63) is 0 Å². The largest absolute Gasteiger partial charge is 0.447 e. The van der Waals surface area contributed by atoms with E-state index in [1.165, 1.54) is 0 Å². The van der Waals surface area contributed by atoms with E-state index < -0.39 is 6.09 Å². The molecule has 0 rings (SSSR count). The van der Waals surface area contributed by atoms with Gasteiger partial charge in [0.2, 0.25) is 0 Å². The van der Waals surface area contributed by atoms with Gasteiger partial charge in [-0.1, -0.05) is 13.3 Å². The van der Waals surface area contributed by atoms with E-state index in [0.717, 1.165) is 12.8 Å². The predicted octanol–water partition coefficient (Wildman–Crippen LogP) is 0.243. The number of unbranched alkanes of at least 4 members (excludes halogenated alkanes) is 1. The lowest BCUT2D eigenvalue weighted by molar-refractivity contribution is 0.0336. The van der Waals surface area contributed by atoms with Gasteiger partial charge in [-0.2, -0.15) is 0 Å². The molecule has 0 heterocycles. The highest BCUT2D eigenvalue weighted by Crippen LogP contribution is 1.99. The van der Waals surface area contributed by atoms with E-state index in [-0.39, 0.29) is 39.6 Å². The number of carbonyl (C=O) groups is 1. The summed E-state index contributed by atoms with van der Waals surface area (Å²) in [6.07, 6.45) is 1.50. The first-order valence-corrected chi connectivity index (χ1v) is 7.05. The summed E-state index contributed by atoms with van der Waals surface area (Å²) in [5, 5.41) is 17.1. The molecule has 0 saturated heterocycles. The molecule has 0 fully saturated rings. The molecule has 1 amide bonds. The lowest BCUT2D eigenvalue weighted by Gasteiger charge is -2.21. The van der Waals surface area contributed by atoms with Gasteiger partial charge in [0.25, 0.3) is 0 Å². The van der Waals surface area contributed by atoms with Crippen LogP contribution < -0.4 is 0 Å². The van der Waals surface area contributed by atoms with Crippen molar-refractivity contribution >= 4 is 6.09 Å². The summed E-state index contributed by atoms with van der Waals surface area (Å²) in [5.74, 6) is 0. The van der Waals surface area contributed by atoms with Crippen molar-refractivity contribution in [1.29, 1.82) is 0 Å². The van der Waals surface area contributed by atoms with Gasteiger partial charge in [-0.15, -0.1) is 0 Å². The summed E-state index contributed by atoms with van der Waals surface area (Å²) in [4.78, 5) is 13.4. The molecule has 0 saturated carbocycles. The molecule has 0 aliphatic rings. The summed E-state index contributed by atoms with van der Waals surface area (Å²) in [7, 11) is 0. The second kappa shape index (κ2) is 14.5. The number of ether oxygens (including phenoxy) is 3. The average Bonchev–Trinajstić information content (AvgIpc) is 2.46. The van der Waals surface area contributed by atoms with Crippen LogP contribution in [0.1, 0.15) is 19.8 Å². The molecule has 0 unspecified atom stereocenters. The Morgan fingerprint density at radius 1 is 0.950 bits per heavy atom. The third-order valence-electron chi connectivity index (χ3n) is 2.47. The molecule has 0 aliphatic carbocycles. The fourth-order valence-electron chi connectivity index (χ4n) is 1.43. The van der Waals surface area contributed by atoms with Crippen molar-refractivity contribution < 1.29 is 29.2 Å². The average molecular weight is 293 g/mol. The molecule has 0 aromatic rings. The van der Waals surface area contributed by atoms with E-state index in [4.69, 9.17) is 24.4 Å². The van der Waals surface area contributed by atoms with E-state index in [1.807, 2.05) is 0 Å². The third kappa shape index (κ3) is 11.0. The van der Waals surface area contributed by atoms with Crippen molar-refractivity contribution in [2.24, 2.45) is 0 Å². The van der Waals surface area contributed by atoms with Crippen LogP contribution in [0.5, 0.6) is 0 Å². The number of aliphatic hydroxyl groups is 2. The van der Waals surface area contributed by atoms with E-state index in [1.54, 1.807) is 4.90 Å². The Balaban J connectivity index is 3.87. The van der Waals surface area contributed by atoms with Gasteiger partial charge in [0.15, 0.2) is 0 Å². The van der Waals surface area contributed by atoms with Gasteiger partial charge < -0.3 is 29.3 Å². The minimum atomic E-state index is -0.390. The summed E-state index contributed by atoms with van der Waals surface area (Å²) in [6, 6.07) is 0. The molecular weight excluding hydrogens is 266 g/mol. The maximum Gasteiger partial charge on any atom is 0.409 e. The fourth-order valence-corrected chi connectivity index (χ4v) is 1.43. The van der Waals surface area contributed by atoms with Crippen molar-refractivity contribution in [3.8, 4) is 0 Å². The standard InChI is InChI=1S/C13H27NO6/c1-2-3-4-14(5-8-18-9-6-15)13(17)20-12-11-19-10-7-16/h15-16H,2-12H2,1H3. The molecule has 7 heteroatoms. The lowest BCUT2D eigenvalue weighted by atomic mass is 10.3. The molecule has 0 spiro atoms. The molecule has 0 aromatic carbocycles. The van der Waals surface area contributed by atoms with E-state index in [2.05, 4.69) is 6.92 Å². The van der Waals surface area contributed by atoms with Crippen LogP contribution in [-0.2, 0) is 14.2 Å². The minimum Gasteiger partial charge on any atom is -0.447 e. The smallest absolute Gasteiger partial charge is 0.409 e. The Labute approximate surface area is 120 Å². The highest BCUT2D eigenvalue weighted by atomic mass is 16.6. The number of rotatable bonds is 13. The maximum absolute atomic E-state index is 11.8. The Hall–Kier alpha value is -0.890. The SMILES string of the molecule is CCCCN(CCOCCO)C(=O)OCCOCCO. The zero-order valence-corrected chi connectivity index (χ0v) is 12.3. The molecule has 120 valence electrons. The lowest BCUT2D eigenvalue weighted by Crippen LogP contribution is -2.36. The van der Waals surface area contributed by atoms with Crippen LogP contribution in [0.15, 0.2) is 0 Å².